The highest BCUT2D eigenvalue weighted by Crippen LogP contribution is 2.12. The molecule has 1 aliphatic rings. The van der Waals surface area contributed by atoms with E-state index in [4.69, 9.17) is 9.47 Å². The van der Waals surface area contributed by atoms with Crippen LogP contribution in [0.15, 0.2) is 24.3 Å². The fraction of sp³-hybridized carbons (Fsp3) is 0.462. The van der Waals surface area contributed by atoms with Gasteiger partial charge in [-0.1, -0.05) is 12.1 Å². The van der Waals surface area contributed by atoms with Gasteiger partial charge in [0, 0.05) is 0 Å². The summed E-state index contributed by atoms with van der Waals surface area (Å²) in [5.41, 5.74) is 1.15. The molecule has 1 N–H and O–H groups in total. The molecule has 1 aromatic carbocycles. The maximum Gasteiger partial charge on any atom is 0.223 e. The van der Waals surface area contributed by atoms with Crippen LogP contribution in [0.1, 0.15) is 12.0 Å². The molecule has 1 heterocycles. The summed E-state index contributed by atoms with van der Waals surface area (Å²) < 4.78 is 10.5. The van der Waals surface area contributed by atoms with Crippen LogP contribution in [0.4, 0.5) is 0 Å². The molecule has 0 radical (unpaired) electrons. The molecule has 1 fully saturated rings. The van der Waals surface area contributed by atoms with Gasteiger partial charge >= 0.3 is 0 Å². The number of aryl methyl sites for hydroxylation is 1. The summed E-state index contributed by atoms with van der Waals surface area (Å²) in [5.74, 6) is 0.829. The van der Waals surface area contributed by atoms with Gasteiger partial charge in [0.2, 0.25) is 5.91 Å². The Morgan fingerprint density at radius 1 is 1.53 bits per heavy atom. The molecule has 92 valence electrons. The molecule has 0 aliphatic carbocycles. The Balaban J connectivity index is 1.66. The molecule has 1 saturated heterocycles. The Kier molecular flexibility index (Phi) is 3.98. The van der Waals surface area contributed by atoms with E-state index in [2.05, 4.69) is 5.32 Å². The highest BCUT2D eigenvalue weighted by Gasteiger charge is 2.19. The van der Waals surface area contributed by atoms with Crippen LogP contribution in [0.5, 0.6) is 5.75 Å². The minimum Gasteiger partial charge on any atom is -0.493 e. The number of ether oxygens (including phenoxy) is 2. The van der Waals surface area contributed by atoms with Crippen LogP contribution in [0, 0.1) is 6.92 Å². The quantitative estimate of drug-likeness (QED) is 0.836. The zero-order chi connectivity index (χ0) is 12.1. The van der Waals surface area contributed by atoms with Crippen molar-refractivity contribution in [1.29, 1.82) is 0 Å². The number of hydrogen-bond acceptors (Lipinski definition) is 3. The van der Waals surface area contributed by atoms with Gasteiger partial charge in [0.15, 0.2) is 0 Å². The summed E-state index contributed by atoms with van der Waals surface area (Å²) in [7, 11) is 0. The van der Waals surface area contributed by atoms with Gasteiger partial charge in [-0.2, -0.15) is 0 Å². The molecule has 4 nitrogen and oxygen atoms in total. The monoisotopic (exact) mass is 235 g/mol. The van der Waals surface area contributed by atoms with E-state index in [9.17, 15) is 4.79 Å². The van der Waals surface area contributed by atoms with E-state index >= 15 is 0 Å². The van der Waals surface area contributed by atoms with Crippen molar-refractivity contribution in [3.05, 3.63) is 29.8 Å². The Morgan fingerprint density at radius 3 is 3.00 bits per heavy atom. The van der Waals surface area contributed by atoms with Gasteiger partial charge in [0.1, 0.15) is 5.75 Å². The number of amides is 1. The summed E-state index contributed by atoms with van der Waals surface area (Å²) >= 11 is 0. The predicted octanol–water partition coefficient (Wildman–Crippen LogP) is 1.28. The molecule has 1 aliphatic heterocycles. The maximum absolute atomic E-state index is 11.5. The van der Waals surface area contributed by atoms with Crippen molar-refractivity contribution in [3.63, 3.8) is 0 Å². The number of nitrogens with one attached hydrogen (secondary N) is 1. The van der Waals surface area contributed by atoms with Gasteiger partial charge in [-0.15, -0.1) is 0 Å². The second-order valence-corrected chi connectivity index (χ2v) is 4.22. The van der Waals surface area contributed by atoms with Crippen LogP contribution >= 0.6 is 0 Å². The SMILES string of the molecule is Cc1cccc(OCCC(=O)NC2COC2)c1. The van der Waals surface area contributed by atoms with Crippen molar-refractivity contribution in [2.45, 2.75) is 19.4 Å². The standard InChI is InChI=1S/C13H17NO3/c1-10-3-2-4-12(7-10)17-6-5-13(15)14-11-8-16-9-11/h2-4,7,11H,5-6,8-9H2,1H3,(H,14,15). The summed E-state index contributed by atoms with van der Waals surface area (Å²) in [6, 6.07) is 8.00. The third-order valence-corrected chi connectivity index (χ3v) is 2.59. The van der Waals surface area contributed by atoms with Crippen molar-refractivity contribution in [2.75, 3.05) is 19.8 Å². The molecular weight excluding hydrogens is 218 g/mol. The average Bonchev–Trinajstić information content (AvgIpc) is 2.24. The lowest BCUT2D eigenvalue weighted by Gasteiger charge is -2.26. The molecule has 0 atom stereocenters. The molecule has 0 spiro atoms. The van der Waals surface area contributed by atoms with Gasteiger partial charge in [0.25, 0.3) is 0 Å². The van der Waals surface area contributed by atoms with Crippen molar-refractivity contribution >= 4 is 5.91 Å². The minimum atomic E-state index is 0.0194. The topological polar surface area (TPSA) is 47.6 Å². The average molecular weight is 235 g/mol. The first-order valence-electron chi connectivity index (χ1n) is 5.80. The molecule has 0 saturated carbocycles. The molecule has 1 aromatic rings. The zero-order valence-electron chi connectivity index (χ0n) is 9.94. The van der Waals surface area contributed by atoms with Crippen molar-refractivity contribution in [2.24, 2.45) is 0 Å². The van der Waals surface area contributed by atoms with Crippen LogP contribution in [-0.2, 0) is 9.53 Å². The van der Waals surface area contributed by atoms with E-state index in [0.717, 1.165) is 11.3 Å². The number of hydrogen-bond donors (Lipinski definition) is 1. The normalized spacial score (nSPS) is 15.1. The van der Waals surface area contributed by atoms with Crippen LogP contribution in [0.25, 0.3) is 0 Å². The molecule has 17 heavy (non-hydrogen) atoms. The fourth-order valence-electron chi connectivity index (χ4n) is 1.59. The first-order valence-corrected chi connectivity index (χ1v) is 5.80. The summed E-state index contributed by atoms with van der Waals surface area (Å²) in [6.07, 6.45) is 0.379. The van der Waals surface area contributed by atoms with Crippen molar-refractivity contribution < 1.29 is 14.3 Å². The first kappa shape index (κ1) is 11.9. The summed E-state index contributed by atoms with van der Waals surface area (Å²) in [5, 5.41) is 2.87. The fourth-order valence-corrected chi connectivity index (χ4v) is 1.59. The molecule has 0 unspecified atom stereocenters. The molecule has 0 aromatic heterocycles. The predicted molar refractivity (Wildman–Crippen MR) is 64.0 cm³/mol. The molecular formula is C13H17NO3. The Bertz CT molecular complexity index is 388. The minimum absolute atomic E-state index is 0.0194. The van der Waals surface area contributed by atoms with E-state index in [1.165, 1.54) is 0 Å². The van der Waals surface area contributed by atoms with Crippen LogP contribution in [0.3, 0.4) is 0 Å². The lowest BCUT2D eigenvalue weighted by molar-refractivity contribution is -0.125. The Morgan fingerprint density at radius 2 is 2.35 bits per heavy atom. The smallest absolute Gasteiger partial charge is 0.223 e. The Hall–Kier alpha value is -1.55. The number of carbonyl (C=O) groups is 1. The molecule has 2 rings (SSSR count). The van der Waals surface area contributed by atoms with E-state index in [1.54, 1.807) is 0 Å². The number of benzene rings is 1. The number of rotatable bonds is 5. The lowest BCUT2D eigenvalue weighted by Crippen LogP contribution is -2.48. The molecule has 1 amide bonds. The highest BCUT2D eigenvalue weighted by molar-refractivity contribution is 5.76. The third kappa shape index (κ3) is 3.75. The summed E-state index contributed by atoms with van der Waals surface area (Å²) in [4.78, 5) is 11.5. The second kappa shape index (κ2) is 5.68. The molecule has 4 heteroatoms. The summed E-state index contributed by atoms with van der Waals surface area (Å²) in [6.45, 7) is 3.67. The van der Waals surface area contributed by atoms with Gasteiger partial charge in [-0.05, 0) is 24.6 Å². The van der Waals surface area contributed by atoms with Crippen LogP contribution in [0.2, 0.25) is 0 Å². The van der Waals surface area contributed by atoms with Crippen molar-refractivity contribution in [1.82, 2.24) is 5.32 Å². The Labute approximate surface area is 101 Å². The van der Waals surface area contributed by atoms with Crippen LogP contribution in [-0.4, -0.2) is 31.8 Å². The van der Waals surface area contributed by atoms with Crippen molar-refractivity contribution in [3.8, 4) is 5.75 Å². The van der Waals surface area contributed by atoms with E-state index in [1.807, 2.05) is 31.2 Å². The second-order valence-electron chi connectivity index (χ2n) is 4.22. The van der Waals surface area contributed by atoms with E-state index in [0.29, 0.717) is 26.2 Å². The lowest BCUT2D eigenvalue weighted by atomic mass is 10.2. The maximum atomic E-state index is 11.5. The van der Waals surface area contributed by atoms with E-state index in [-0.39, 0.29) is 11.9 Å². The van der Waals surface area contributed by atoms with Gasteiger partial charge in [-0.25, -0.2) is 0 Å². The van der Waals surface area contributed by atoms with Gasteiger partial charge in [-0.3, -0.25) is 4.79 Å². The zero-order valence-corrected chi connectivity index (χ0v) is 9.94. The van der Waals surface area contributed by atoms with Crippen LogP contribution < -0.4 is 10.1 Å². The van der Waals surface area contributed by atoms with E-state index < -0.39 is 0 Å². The largest absolute Gasteiger partial charge is 0.493 e. The van der Waals surface area contributed by atoms with Gasteiger partial charge < -0.3 is 14.8 Å². The third-order valence-electron chi connectivity index (χ3n) is 2.59. The molecule has 0 bridgehead atoms. The first-order chi connectivity index (χ1) is 8.24. The van der Waals surface area contributed by atoms with Gasteiger partial charge in [0.05, 0.1) is 32.3 Å². The highest BCUT2D eigenvalue weighted by atomic mass is 16.5. The number of carbonyl (C=O) groups excluding carboxylic acids is 1.